The van der Waals surface area contributed by atoms with E-state index in [0.717, 1.165) is 49.4 Å². The van der Waals surface area contributed by atoms with Gasteiger partial charge in [-0.3, -0.25) is 29.0 Å². The lowest BCUT2D eigenvalue weighted by Crippen LogP contribution is -2.48. The minimum absolute atomic E-state index is 0.00255. The number of carbonyl (C=O) groups is 5. The summed E-state index contributed by atoms with van der Waals surface area (Å²) < 4.78 is 32.8. The molecule has 2 aromatic heterocycles. The Balaban J connectivity index is 0.761. The summed E-state index contributed by atoms with van der Waals surface area (Å²) in [5, 5.41) is 11.4. The standard InChI is InChI=1S/C55H69FN12O8S/c1-33-9-14-39-40(28-33)35(3)76-52-50(57)61-30-42(62-52)48-43(31-65(6)54(39)72)64-68(51(48)59-5)22-18-60-47(70)17-24-74-26-27-75-25-23-66-20-15-36(16-21-66)41(29-46(69)34(2)58-4)55(73)67-19-7-8-45(67)53-63-44(32-77-53)49(71)37-10-12-38(56)13-11-37/h9-14,28,30,34-36,41,44-45,58H,7-8,15-27,29,31-32H2,1-4,6H3,(H2,57,61)(H,60,70)/t34-,35+,41-,44?,45-/m0/s1. The summed E-state index contributed by atoms with van der Waals surface area (Å²) in [6.45, 7) is 18.2. The van der Waals surface area contributed by atoms with Gasteiger partial charge in [0.1, 0.15) is 36.0 Å². The summed E-state index contributed by atoms with van der Waals surface area (Å²) >= 11 is 1.50. The second-order valence-corrected chi connectivity index (χ2v) is 21.1. The maximum atomic E-state index is 14.5. The number of piperidine rings is 1. The summed E-state index contributed by atoms with van der Waals surface area (Å²) in [7, 11) is 3.42. The van der Waals surface area contributed by atoms with Gasteiger partial charge < -0.3 is 50.1 Å². The minimum Gasteiger partial charge on any atom is -0.467 e. The number of benzene rings is 2. The number of nitrogens with zero attached hydrogens (tertiary/aromatic N) is 9. The molecule has 4 aromatic rings. The number of nitrogens with two attached hydrogens (primary N) is 1. The number of aliphatic imine (C=N–C) groups is 1. The molecular weight excluding hydrogens is 1010 g/mol. The van der Waals surface area contributed by atoms with Crippen LogP contribution in [0, 0.1) is 31.1 Å². The fourth-order valence-corrected chi connectivity index (χ4v) is 11.5. The van der Waals surface area contributed by atoms with Crippen molar-refractivity contribution in [3.8, 4) is 17.1 Å². The molecule has 0 aliphatic carbocycles. The Labute approximate surface area is 452 Å². The predicted octanol–water partition coefficient (Wildman–Crippen LogP) is 5.47. The lowest BCUT2D eigenvalue weighted by Gasteiger charge is -2.38. The number of aromatic nitrogens is 4. The van der Waals surface area contributed by atoms with Crippen molar-refractivity contribution in [2.45, 2.75) is 96.6 Å². The van der Waals surface area contributed by atoms with Gasteiger partial charge in [0.15, 0.2) is 11.6 Å². The minimum atomic E-state index is -0.590. The lowest BCUT2D eigenvalue weighted by molar-refractivity contribution is -0.141. The average Bonchev–Trinajstić information content (AvgIpc) is 4.25. The maximum absolute atomic E-state index is 14.5. The maximum Gasteiger partial charge on any atom is 0.262 e. The number of nitrogens with one attached hydrogen (secondary N) is 2. The molecule has 4 aliphatic heterocycles. The molecule has 2 saturated heterocycles. The zero-order valence-corrected chi connectivity index (χ0v) is 45.3. The van der Waals surface area contributed by atoms with Crippen LogP contribution >= 0.6 is 11.8 Å². The number of hydrogen-bond acceptors (Lipinski definition) is 16. The molecule has 1 unspecified atom stereocenters. The largest absolute Gasteiger partial charge is 0.467 e. The lowest BCUT2D eigenvalue weighted by atomic mass is 9.79. The third kappa shape index (κ3) is 13.7. The number of anilines is 1. The molecule has 410 valence electrons. The highest BCUT2D eigenvalue weighted by atomic mass is 32.2. The molecule has 77 heavy (non-hydrogen) atoms. The fourth-order valence-electron chi connectivity index (χ4n) is 10.4. The number of carbonyl (C=O) groups excluding carboxylic acids is 5. The zero-order chi connectivity index (χ0) is 54.8. The molecule has 2 aromatic carbocycles. The van der Waals surface area contributed by atoms with Crippen LogP contribution in [-0.4, -0.2) is 166 Å². The molecule has 0 spiro atoms. The van der Waals surface area contributed by atoms with Gasteiger partial charge in [0.2, 0.25) is 11.8 Å². The number of hydrogen-bond donors (Lipinski definition) is 3. The van der Waals surface area contributed by atoms with Crippen molar-refractivity contribution in [1.29, 1.82) is 0 Å². The number of nitrogen functional groups attached to an aromatic ring is 1. The van der Waals surface area contributed by atoms with Crippen LogP contribution in [0.5, 0.6) is 5.88 Å². The van der Waals surface area contributed by atoms with E-state index in [-0.39, 0.29) is 104 Å². The summed E-state index contributed by atoms with van der Waals surface area (Å²) in [6.07, 6.45) is 4.22. The second kappa shape index (κ2) is 26.1. The number of halogens is 1. The van der Waals surface area contributed by atoms with Gasteiger partial charge >= 0.3 is 0 Å². The highest BCUT2D eigenvalue weighted by Gasteiger charge is 2.43. The smallest absolute Gasteiger partial charge is 0.262 e. The SMILES string of the molecule is [C-]#[N+]c1c2c(nn1CCNC(=O)CCOCCOCCN1CCC([C@H](CC(=O)[C@H](C)NC)C(=O)N3CCC[C@H]3C3=NC(C(=O)c4ccc(F)cc4)CS3)CC1)CN(C)C(=O)c1ccc(C)cc1[C@@H](C)Oc1nc-2cnc1N. The number of thioether (sulfide) groups is 1. The van der Waals surface area contributed by atoms with Crippen molar-refractivity contribution in [1.82, 2.24) is 45.1 Å². The Morgan fingerprint density at radius 3 is 2.52 bits per heavy atom. The third-order valence-electron chi connectivity index (χ3n) is 14.8. The Bertz CT molecular complexity index is 2870. The van der Waals surface area contributed by atoms with Gasteiger partial charge in [0.05, 0.1) is 74.1 Å². The second-order valence-electron chi connectivity index (χ2n) is 20.1. The molecule has 8 rings (SSSR count). The van der Waals surface area contributed by atoms with Crippen LogP contribution in [0.1, 0.15) is 96.0 Å². The fraction of sp³-hybridized carbons (Fsp3) is 0.527. The first-order valence-corrected chi connectivity index (χ1v) is 27.4. The van der Waals surface area contributed by atoms with Crippen molar-refractivity contribution in [3.05, 3.63) is 93.8 Å². The molecule has 0 radical (unpaired) electrons. The molecule has 20 nitrogen and oxygen atoms in total. The van der Waals surface area contributed by atoms with Gasteiger partial charge in [-0.05, 0) is 103 Å². The normalized spacial score (nSPS) is 19.7. The molecule has 5 atom stereocenters. The van der Waals surface area contributed by atoms with Gasteiger partial charge in [-0.2, -0.15) is 4.68 Å². The van der Waals surface area contributed by atoms with Gasteiger partial charge in [-0.1, -0.05) is 24.3 Å². The summed E-state index contributed by atoms with van der Waals surface area (Å²) in [5.41, 5.74) is 9.82. The van der Waals surface area contributed by atoms with E-state index < -0.39 is 23.9 Å². The molecular formula is C55H69FN12O8S. The quantitative estimate of drug-likeness (QED) is 0.0534. The van der Waals surface area contributed by atoms with Crippen molar-refractivity contribution >= 4 is 57.7 Å². The van der Waals surface area contributed by atoms with Crippen molar-refractivity contribution in [3.63, 3.8) is 0 Å². The number of likely N-dealkylation sites (N-methyl/N-ethyl adjacent to an activating group) is 1. The van der Waals surface area contributed by atoms with Crippen molar-refractivity contribution < 1.29 is 42.6 Å². The highest BCUT2D eigenvalue weighted by molar-refractivity contribution is 8.14. The van der Waals surface area contributed by atoms with Gasteiger partial charge in [-0.25, -0.2) is 14.4 Å². The summed E-state index contributed by atoms with van der Waals surface area (Å²) in [6, 6.07) is 9.82. The zero-order valence-electron chi connectivity index (χ0n) is 44.5. The molecule has 2 fully saturated rings. The van der Waals surface area contributed by atoms with Gasteiger partial charge in [0, 0.05) is 61.3 Å². The van der Waals surface area contributed by atoms with Crippen molar-refractivity contribution in [2.75, 3.05) is 84.7 Å². The van der Waals surface area contributed by atoms with Crippen LogP contribution in [0.25, 0.3) is 16.1 Å². The summed E-state index contributed by atoms with van der Waals surface area (Å²) in [4.78, 5) is 91.2. The number of ketones is 2. The molecule has 22 heteroatoms. The summed E-state index contributed by atoms with van der Waals surface area (Å²) in [5.74, 6) is -0.749. The predicted molar refractivity (Wildman–Crippen MR) is 289 cm³/mol. The van der Waals surface area contributed by atoms with E-state index in [9.17, 15) is 28.4 Å². The Morgan fingerprint density at radius 1 is 1.03 bits per heavy atom. The Hall–Kier alpha value is -6.64. The van der Waals surface area contributed by atoms with E-state index in [0.29, 0.717) is 72.3 Å². The highest BCUT2D eigenvalue weighted by Crippen LogP contribution is 2.38. The number of amides is 3. The van der Waals surface area contributed by atoms with Gasteiger partial charge in [-0.15, -0.1) is 16.9 Å². The van der Waals surface area contributed by atoms with Crippen LogP contribution in [0.3, 0.4) is 0 Å². The van der Waals surface area contributed by atoms with Crippen LogP contribution in [0.2, 0.25) is 0 Å². The molecule has 0 saturated carbocycles. The van der Waals surface area contributed by atoms with E-state index in [1.165, 1.54) is 51.8 Å². The first kappa shape index (κ1) is 56.6. The van der Waals surface area contributed by atoms with E-state index >= 15 is 0 Å². The van der Waals surface area contributed by atoms with Gasteiger partial charge in [0.25, 0.3) is 17.6 Å². The first-order chi connectivity index (χ1) is 37.1. The number of rotatable bonds is 21. The van der Waals surface area contributed by atoms with E-state index in [1.54, 1.807) is 20.2 Å². The molecule has 4 aliphatic rings. The van der Waals surface area contributed by atoms with E-state index in [1.807, 2.05) is 37.8 Å². The number of ether oxygens (including phenoxy) is 3. The van der Waals surface area contributed by atoms with E-state index in [2.05, 4.69) is 30.3 Å². The topological polar surface area (TPSA) is 233 Å². The Morgan fingerprint density at radius 2 is 1.78 bits per heavy atom. The number of Topliss-reactive ketones (excluding diaryl/α,β-unsaturated/α-hetero) is 2. The van der Waals surface area contributed by atoms with Crippen LogP contribution in [0.15, 0.2) is 53.7 Å². The Kier molecular flexibility index (Phi) is 19.2. The molecule has 4 N–H and O–H groups in total. The van der Waals surface area contributed by atoms with Crippen molar-refractivity contribution in [2.24, 2.45) is 16.8 Å². The average molecular weight is 1080 g/mol. The molecule has 3 amide bonds. The van der Waals surface area contributed by atoms with E-state index in [4.69, 9.17) is 36.6 Å². The third-order valence-corrected chi connectivity index (χ3v) is 16.0. The number of aryl methyl sites for hydroxylation is 1. The monoisotopic (exact) mass is 1080 g/mol. The van der Waals surface area contributed by atoms with Crippen LogP contribution in [0.4, 0.5) is 16.0 Å². The first-order valence-electron chi connectivity index (χ1n) is 26.4. The van der Waals surface area contributed by atoms with Crippen LogP contribution < -0.4 is 21.1 Å². The number of likely N-dealkylation sites (tertiary alicyclic amines) is 2. The van der Waals surface area contributed by atoms with Crippen LogP contribution in [-0.2, 0) is 36.9 Å². The molecule has 6 heterocycles. The number of fused-ring (bicyclic) bond motifs is 5. The molecule has 2 bridgehead atoms.